The molecule has 0 unspecified atom stereocenters. The summed E-state index contributed by atoms with van der Waals surface area (Å²) >= 11 is 0. The molecule has 0 spiro atoms. The second kappa shape index (κ2) is 3.71. The Morgan fingerprint density at radius 1 is 1.31 bits per heavy atom. The van der Waals surface area contributed by atoms with Crippen LogP contribution < -0.4 is 9.84 Å². The maximum Gasteiger partial charge on any atom is 0.212 e. The summed E-state index contributed by atoms with van der Waals surface area (Å²) in [5, 5.41) is 10.3. The van der Waals surface area contributed by atoms with Gasteiger partial charge in [0.1, 0.15) is 11.7 Å². The van der Waals surface area contributed by atoms with Gasteiger partial charge in [-0.25, -0.2) is 0 Å². The molecule has 0 aliphatic rings. The highest BCUT2D eigenvalue weighted by Gasteiger charge is 2.11. The molecule has 0 N–H and O–H groups in total. The number of hydrogen-bond acceptors (Lipinski definition) is 4. The van der Waals surface area contributed by atoms with E-state index in [0.29, 0.717) is 0 Å². The zero-order valence-electron chi connectivity index (χ0n) is 6.94. The zero-order valence-corrected chi connectivity index (χ0v) is 6.94. The van der Waals surface area contributed by atoms with Crippen molar-refractivity contribution in [1.82, 2.24) is 0 Å². The Hall–Kier alpha value is -1.84. The van der Waals surface area contributed by atoms with Gasteiger partial charge in [-0.2, -0.15) is 0 Å². The summed E-state index contributed by atoms with van der Waals surface area (Å²) in [6, 6.07) is 6.08. The lowest BCUT2D eigenvalue weighted by molar-refractivity contribution is -0.296. The average Bonchev–Trinajstić information content (AvgIpc) is 2.16. The lowest BCUT2D eigenvalue weighted by atomic mass is 10.1. The molecule has 0 fully saturated rings. The van der Waals surface area contributed by atoms with Crippen LogP contribution in [0.25, 0.3) is 0 Å². The summed E-state index contributed by atoms with van der Waals surface area (Å²) < 4.78 is 4.80. The standard InChI is InChI=1S/C9H8O4/c1-13-7-5-3-2-4-6(7)8(10)9(11)12/h2-5H,1H3,(H,11,12)/p-1. The Bertz CT molecular complexity index is 343. The van der Waals surface area contributed by atoms with Crippen molar-refractivity contribution in [2.24, 2.45) is 0 Å². The molecule has 0 saturated heterocycles. The molecule has 13 heavy (non-hydrogen) atoms. The van der Waals surface area contributed by atoms with Crippen LogP contribution in [-0.4, -0.2) is 18.9 Å². The molecule has 0 aromatic heterocycles. The normalized spacial score (nSPS) is 9.31. The number of carboxylic acids is 1. The third kappa shape index (κ3) is 1.84. The second-order valence-corrected chi connectivity index (χ2v) is 2.32. The van der Waals surface area contributed by atoms with Gasteiger partial charge in [0, 0.05) is 0 Å². The minimum Gasteiger partial charge on any atom is -0.541 e. The number of para-hydroxylation sites is 1. The highest BCUT2D eigenvalue weighted by molar-refractivity contribution is 6.39. The third-order valence-electron chi connectivity index (χ3n) is 1.54. The molecule has 68 valence electrons. The summed E-state index contributed by atoms with van der Waals surface area (Å²) in [6.07, 6.45) is 0. The molecule has 1 rings (SSSR count). The number of aliphatic carboxylic acids is 1. The SMILES string of the molecule is COc1ccccc1C(=O)C(=O)[O-]. The lowest BCUT2D eigenvalue weighted by Crippen LogP contribution is -2.31. The molecule has 0 aliphatic carbocycles. The summed E-state index contributed by atoms with van der Waals surface area (Å²) in [5.74, 6) is -2.57. The van der Waals surface area contributed by atoms with Gasteiger partial charge >= 0.3 is 0 Å². The molecular weight excluding hydrogens is 172 g/mol. The molecule has 1 aromatic rings. The smallest absolute Gasteiger partial charge is 0.212 e. The highest BCUT2D eigenvalue weighted by Crippen LogP contribution is 2.17. The van der Waals surface area contributed by atoms with Crippen molar-refractivity contribution in [2.75, 3.05) is 7.11 Å². The van der Waals surface area contributed by atoms with Crippen molar-refractivity contribution in [3.05, 3.63) is 29.8 Å². The van der Waals surface area contributed by atoms with E-state index < -0.39 is 11.8 Å². The van der Waals surface area contributed by atoms with Crippen molar-refractivity contribution >= 4 is 11.8 Å². The number of ketones is 1. The van der Waals surface area contributed by atoms with Gasteiger partial charge in [-0.3, -0.25) is 4.79 Å². The first-order valence-electron chi connectivity index (χ1n) is 3.55. The van der Waals surface area contributed by atoms with Gasteiger partial charge in [-0.15, -0.1) is 0 Å². The molecule has 4 nitrogen and oxygen atoms in total. The van der Waals surface area contributed by atoms with Gasteiger partial charge < -0.3 is 14.6 Å². The van der Waals surface area contributed by atoms with Gasteiger partial charge in [-0.1, -0.05) is 12.1 Å². The predicted octanol–water partition coefficient (Wildman–Crippen LogP) is -0.372. The van der Waals surface area contributed by atoms with Gasteiger partial charge in [0.2, 0.25) is 5.78 Å². The van der Waals surface area contributed by atoms with Crippen LogP contribution in [0.15, 0.2) is 24.3 Å². The quantitative estimate of drug-likeness (QED) is 0.469. The van der Waals surface area contributed by atoms with Crippen LogP contribution in [0, 0.1) is 0 Å². The van der Waals surface area contributed by atoms with Crippen LogP contribution in [0.3, 0.4) is 0 Å². The van der Waals surface area contributed by atoms with E-state index in [0.717, 1.165) is 0 Å². The Morgan fingerprint density at radius 3 is 2.46 bits per heavy atom. The van der Waals surface area contributed by atoms with Gasteiger partial charge in [0.05, 0.1) is 12.7 Å². The molecule has 0 saturated carbocycles. The minimum absolute atomic E-state index is 0.00463. The fourth-order valence-electron chi connectivity index (χ4n) is 0.942. The number of carbonyl (C=O) groups is 2. The summed E-state index contributed by atoms with van der Waals surface area (Å²) in [7, 11) is 1.36. The first-order chi connectivity index (χ1) is 6.16. The number of carbonyl (C=O) groups excluding carboxylic acids is 2. The molecular formula is C9H7O4-. The number of hydrogen-bond donors (Lipinski definition) is 0. The fraction of sp³-hybridized carbons (Fsp3) is 0.111. The van der Waals surface area contributed by atoms with E-state index in [4.69, 9.17) is 4.74 Å². The van der Waals surface area contributed by atoms with Crippen molar-refractivity contribution in [3.63, 3.8) is 0 Å². The molecule has 0 heterocycles. The fourth-order valence-corrected chi connectivity index (χ4v) is 0.942. The lowest BCUT2D eigenvalue weighted by Gasteiger charge is -2.06. The Labute approximate surface area is 74.8 Å². The van der Waals surface area contributed by atoms with E-state index in [1.807, 2.05) is 0 Å². The topological polar surface area (TPSA) is 66.4 Å². The summed E-state index contributed by atoms with van der Waals surface area (Å²) in [5.41, 5.74) is 0.00463. The second-order valence-electron chi connectivity index (χ2n) is 2.32. The van der Waals surface area contributed by atoms with Crippen molar-refractivity contribution in [2.45, 2.75) is 0 Å². The number of Topliss-reactive ketones (excluding diaryl/α,β-unsaturated/α-hetero) is 1. The van der Waals surface area contributed by atoms with E-state index in [9.17, 15) is 14.7 Å². The Morgan fingerprint density at radius 2 is 1.92 bits per heavy atom. The van der Waals surface area contributed by atoms with Crippen molar-refractivity contribution in [3.8, 4) is 5.75 Å². The zero-order chi connectivity index (χ0) is 9.84. The number of methoxy groups -OCH3 is 1. The Kier molecular flexibility index (Phi) is 2.64. The van der Waals surface area contributed by atoms with Crippen molar-refractivity contribution in [1.29, 1.82) is 0 Å². The summed E-state index contributed by atoms with van der Waals surface area (Å²) in [6.45, 7) is 0. The van der Waals surface area contributed by atoms with E-state index in [1.54, 1.807) is 12.1 Å². The first-order valence-corrected chi connectivity index (χ1v) is 3.55. The number of ether oxygens (including phenoxy) is 1. The monoisotopic (exact) mass is 179 g/mol. The Balaban J connectivity index is 3.13. The average molecular weight is 179 g/mol. The van der Waals surface area contributed by atoms with Gasteiger partial charge in [0.25, 0.3) is 0 Å². The molecule has 0 aliphatic heterocycles. The van der Waals surface area contributed by atoms with Crippen LogP contribution in [0.1, 0.15) is 10.4 Å². The largest absolute Gasteiger partial charge is 0.541 e. The molecule has 0 amide bonds. The van der Waals surface area contributed by atoms with E-state index >= 15 is 0 Å². The van der Waals surface area contributed by atoms with E-state index in [1.165, 1.54) is 19.2 Å². The molecule has 0 radical (unpaired) electrons. The molecule has 0 atom stereocenters. The predicted molar refractivity (Wildman–Crippen MR) is 42.3 cm³/mol. The molecule has 1 aromatic carbocycles. The third-order valence-corrected chi connectivity index (χ3v) is 1.54. The maximum absolute atomic E-state index is 11.0. The van der Waals surface area contributed by atoms with E-state index in [2.05, 4.69) is 0 Å². The van der Waals surface area contributed by atoms with Crippen LogP contribution in [-0.2, 0) is 4.79 Å². The van der Waals surface area contributed by atoms with Gasteiger partial charge in [-0.05, 0) is 12.1 Å². The highest BCUT2D eigenvalue weighted by atomic mass is 16.5. The first kappa shape index (κ1) is 9.25. The number of rotatable bonds is 3. The number of carboxylic acid groups (broad SMARTS) is 1. The molecule has 4 heteroatoms. The summed E-state index contributed by atoms with van der Waals surface area (Å²) in [4.78, 5) is 21.2. The number of benzene rings is 1. The van der Waals surface area contributed by atoms with Crippen LogP contribution in [0.2, 0.25) is 0 Å². The van der Waals surface area contributed by atoms with Crippen LogP contribution in [0.4, 0.5) is 0 Å². The molecule has 0 bridgehead atoms. The van der Waals surface area contributed by atoms with Crippen molar-refractivity contribution < 1.29 is 19.4 Å². The maximum atomic E-state index is 11.0. The minimum atomic E-state index is -1.73. The van der Waals surface area contributed by atoms with Crippen LogP contribution in [0.5, 0.6) is 5.75 Å². The van der Waals surface area contributed by atoms with Crippen LogP contribution >= 0.6 is 0 Å². The van der Waals surface area contributed by atoms with E-state index in [-0.39, 0.29) is 11.3 Å². The van der Waals surface area contributed by atoms with Gasteiger partial charge in [0.15, 0.2) is 0 Å².